The van der Waals surface area contributed by atoms with Gasteiger partial charge in [-0.2, -0.15) is 0 Å². The Kier molecular flexibility index (Phi) is 12.8. The molecule has 1 aliphatic heterocycles. The molecule has 186 valence electrons. The Balaban J connectivity index is 0.000000167. The molecule has 3 aromatic rings. The number of hydrogen-bond acceptors (Lipinski definition) is 3. The molecule has 1 aromatic heterocycles. The van der Waals surface area contributed by atoms with E-state index in [9.17, 15) is 0 Å². The molecule has 2 heterocycles. The number of aromatic amines is 1. The van der Waals surface area contributed by atoms with E-state index in [0.717, 1.165) is 25.7 Å². The standard InChI is InChI=1S/C10H13N.C8H10O.C8H10.C5H8N2/c1-2-8-7-11-10-6-4-3-5-9(8)10;1-2-7-3-5-8(9)6-4-7;1-2-8-6-4-3-5-7-8;1-2-5-3-6-4-7-5/h3-7,9-11H,2H2,1H3;3-6,9H,2H2,1H3;3-7H,2H2,1H3;3-4H,2H2,1H3,(H,6,7). The molecule has 0 saturated carbocycles. The highest BCUT2D eigenvalue weighted by molar-refractivity contribution is 5.31. The fourth-order valence-corrected chi connectivity index (χ4v) is 3.68. The van der Waals surface area contributed by atoms with Crippen molar-refractivity contribution < 1.29 is 5.11 Å². The van der Waals surface area contributed by atoms with Crippen LogP contribution in [0.4, 0.5) is 0 Å². The Morgan fingerprint density at radius 3 is 1.94 bits per heavy atom. The third-order valence-corrected chi connectivity index (χ3v) is 5.96. The van der Waals surface area contributed by atoms with Crippen molar-refractivity contribution in [2.24, 2.45) is 5.92 Å². The number of fused-ring (bicyclic) bond motifs is 1. The monoisotopic (exact) mass is 471 g/mol. The van der Waals surface area contributed by atoms with Crippen molar-refractivity contribution in [3.63, 3.8) is 0 Å². The first-order valence-electron chi connectivity index (χ1n) is 12.7. The minimum absolute atomic E-state index is 0.340. The van der Waals surface area contributed by atoms with Crippen LogP contribution < -0.4 is 5.32 Å². The van der Waals surface area contributed by atoms with Crippen molar-refractivity contribution in [2.75, 3.05) is 0 Å². The lowest BCUT2D eigenvalue weighted by molar-refractivity contribution is 0.475. The smallest absolute Gasteiger partial charge is 0.115 e. The molecular formula is C31H41N3O. The lowest BCUT2D eigenvalue weighted by Crippen LogP contribution is -2.24. The molecule has 3 N–H and O–H groups in total. The van der Waals surface area contributed by atoms with E-state index in [1.165, 1.54) is 22.4 Å². The minimum Gasteiger partial charge on any atom is -0.508 e. The van der Waals surface area contributed by atoms with Gasteiger partial charge in [0.05, 0.1) is 12.4 Å². The van der Waals surface area contributed by atoms with Crippen LogP contribution in [0.3, 0.4) is 0 Å². The summed E-state index contributed by atoms with van der Waals surface area (Å²) < 4.78 is 0. The van der Waals surface area contributed by atoms with Crippen molar-refractivity contribution >= 4 is 0 Å². The Hall–Kier alpha value is -3.53. The third-order valence-electron chi connectivity index (χ3n) is 5.96. The van der Waals surface area contributed by atoms with Crippen molar-refractivity contribution in [3.05, 3.63) is 120 Å². The molecule has 0 saturated heterocycles. The molecule has 1 aliphatic carbocycles. The molecule has 4 heteroatoms. The molecule has 35 heavy (non-hydrogen) atoms. The van der Waals surface area contributed by atoms with Gasteiger partial charge < -0.3 is 15.4 Å². The number of phenolic OH excluding ortho intramolecular Hbond substituents is 1. The summed E-state index contributed by atoms with van der Waals surface area (Å²) in [6.07, 6.45) is 18.8. The number of nitrogens with one attached hydrogen (secondary N) is 2. The second-order valence-corrected chi connectivity index (χ2v) is 8.35. The van der Waals surface area contributed by atoms with Gasteiger partial charge in [0.15, 0.2) is 0 Å². The average Bonchev–Trinajstić information content (AvgIpc) is 3.61. The number of allylic oxidation sites excluding steroid dienone is 2. The van der Waals surface area contributed by atoms with Crippen LogP contribution in [-0.4, -0.2) is 21.1 Å². The van der Waals surface area contributed by atoms with Gasteiger partial charge in [-0.05, 0) is 60.7 Å². The van der Waals surface area contributed by atoms with E-state index >= 15 is 0 Å². The van der Waals surface area contributed by atoms with Crippen molar-refractivity contribution in [1.82, 2.24) is 15.3 Å². The Morgan fingerprint density at radius 1 is 0.771 bits per heavy atom. The van der Waals surface area contributed by atoms with Crippen LogP contribution in [0.1, 0.15) is 50.9 Å². The van der Waals surface area contributed by atoms with E-state index in [4.69, 9.17) is 5.11 Å². The highest BCUT2D eigenvalue weighted by Crippen LogP contribution is 2.27. The lowest BCUT2D eigenvalue weighted by atomic mass is 9.90. The number of hydrogen-bond donors (Lipinski definition) is 3. The van der Waals surface area contributed by atoms with E-state index < -0.39 is 0 Å². The van der Waals surface area contributed by atoms with Gasteiger partial charge in [0.25, 0.3) is 0 Å². The normalized spacial score (nSPS) is 16.7. The molecule has 2 unspecified atom stereocenters. The first kappa shape index (κ1) is 27.7. The summed E-state index contributed by atoms with van der Waals surface area (Å²) in [5, 5.41) is 12.2. The number of nitrogens with zero attached hydrogens (tertiary/aromatic N) is 1. The maximum atomic E-state index is 8.85. The average molecular weight is 472 g/mol. The summed E-state index contributed by atoms with van der Waals surface area (Å²) >= 11 is 0. The zero-order valence-electron chi connectivity index (χ0n) is 21.6. The Labute approximate surface area is 211 Å². The summed E-state index contributed by atoms with van der Waals surface area (Å²) in [5.41, 5.74) is 5.39. The number of imidazole rings is 1. The van der Waals surface area contributed by atoms with E-state index in [1.807, 2.05) is 24.4 Å². The molecule has 2 aromatic carbocycles. The second-order valence-electron chi connectivity index (χ2n) is 8.35. The maximum absolute atomic E-state index is 8.85. The molecule has 5 rings (SSSR count). The highest BCUT2D eigenvalue weighted by Gasteiger charge is 2.24. The Morgan fingerprint density at radius 2 is 1.43 bits per heavy atom. The number of aromatic hydroxyl groups is 1. The van der Waals surface area contributed by atoms with E-state index in [0.29, 0.717) is 17.7 Å². The first-order valence-corrected chi connectivity index (χ1v) is 12.7. The van der Waals surface area contributed by atoms with E-state index in [2.05, 4.69) is 97.7 Å². The van der Waals surface area contributed by atoms with Crippen LogP contribution in [-0.2, 0) is 19.3 Å². The minimum atomic E-state index is 0.340. The van der Waals surface area contributed by atoms with Crippen molar-refractivity contribution in [1.29, 1.82) is 0 Å². The van der Waals surface area contributed by atoms with Crippen LogP contribution >= 0.6 is 0 Å². The van der Waals surface area contributed by atoms with Crippen molar-refractivity contribution in [2.45, 2.75) is 59.4 Å². The van der Waals surface area contributed by atoms with Crippen LogP contribution in [0.2, 0.25) is 0 Å². The van der Waals surface area contributed by atoms with Crippen LogP contribution in [0.25, 0.3) is 0 Å². The molecule has 4 nitrogen and oxygen atoms in total. The molecule has 0 bridgehead atoms. The van der Waals surface area contributed by atoms with Crippen LogP contribution in [0, 0.1) is 5.92 Å². The predicted molar refractivity (Wildman–Crippen MR) is 148 cm³/mol. The quantitative estimate of drug-likeness (QED) is 0.378. The zero-order valence-corrected chi connectivity index (χ0v) is 21.6. The highest BCUT2D eigenvalue weighted by atomic mass is 16.3. The van der Waals surface area contributed by atoms with Gasteiger partial charge in [0, 0.05) is 17.8 Å². The van der Waals surface area contributed by atoms with Gasteiger partial charge in [-0.25, -0.2) is 4.98 Å². The summed E-state index contributed by atoms with van der Waals surface area (Å²) in [5.74, 6) is 0.970. The van der Waals surface area contributed by atoms with Crippen LogP contribution in [0.5, 0.6) is 5.75 Å². The maximum Gasteiger partial charge on any atom is 0.115 e. The topological polar surface area (TPSA) is 60.9 Å². The summed E-state index contributed by atoms with van der Waals surface area (Å²) in [6, 6.07) is 18.3. The number of H-pyrrole nitrogens is 1. The second kappa shape index (κ2) is 16.2. The van der Waals surface area contributed by atoms with Crippen LogP contribution in [0.15, 0.2) is 103 Å². The van der Waals surface area contributed by atoms with Gasteiger partial charge >= 0.3 is 0 Å². The Bertz CT molecular complexity index is 1020. The van der Waals surface area contributed by atoms with Gasteiger partial charge in [0.1, 0.15) is 5.75 Å². The van der Waals surface area contributed by atoms with E-state index in [1.54, 1.807) is 18.5 Å². The lowest BCUT2D eigenvalue weighted by Gasteiger charge is -2.17. The SMILES string of the molecule is CCC1=CNC2C=CC=CC12.CCc1ccc(O)cc1.CCc1ccccc1.CCc1cnc[nH]1. The van der Waals surface area contributed by atoms with Crippen molar-refractivity contribution in [3.8, 4) is 5.75 Å². The van der Waals surface area contributed by atoms with Gasteiger partial charge in [-0.1, -0.05) is 94.5 Å². The number of rotatable bonds is 4. The van der Waals surface area contributed by atoms with Gasteiger partial charge in [-0.15, -0.1) is 0 Å². The number of aryl methyl sites for hydroxylation is 3. The summed E-state index contributed by atoms with van der Waals surface area (Å²) in [4.78, 5) is 6.81. The summed E-state index contributed by atoms with van der Waals surface area (Å²) in [6.45, 7) is 8.55. The van der Waals surface area contributed by atoms with Gasteiger partial charge in [0.2, 0.25) is 0 Å². The molecule has 0 fully saturated rings. The molecular weight excluding hydrogens is 430 g/mol. The number of benzene rings is 2. The molecule has 0 spiro atoms. The first-order chi connectivity index (χ1) is 17.1. The molecule has 0 radical (unpaired) electrons. The number of aromatic nitrogens is 2. The predicted octanol–water partition coefficient (Wildman–Crippen LogP) is 7.17. The molecule has 0 amide bonds. The molecule has 2 atom stereocenters. The zero-order chi connectivity index (χ0) is 25.3. The fourth-order valence-electron chi connectivity index (χ4n) is 3.68. The third kappa shape index (κ3) is 10.1. The largest absolute Gasteiger partial charge is 0.508 e. The number of phenols is 1. The summed E-state index contributed by atoms with van der Waals surface area (Å²) in [7, 11) is 0. The molecule has 2 aliphatic rings. The van der Waals surface area contributed by atoms with E-state index in [-0.39, 0.29) is 0 Å². The van der Waals surface area contributed by atoms with Gasteiger partial charge in [-0.3, -0.25) is 0 Å². The fraction of sp³-hybridized carbons (Fsp3) is 0.323.